The first-order valence-corrected chi connectivity index (χ1v) is 12.7. The summed E-state index contributed by atoms with van der Waals surface area (Å²) >= 11 is 0. The van der Waals surface area contributed by atoms with Crippen molar-refractivity contribution in [2.75, 3.05) is 19.6 Å². The van der Waals surface area contributed by atoms with Crippen LogP contribution in [0.5, 0.6) is 0 Å². The molecule has 4 amide bonds. The maximum atomic E-state index is 13.5. The van der Waals surface area contributed by atoms with Crippen molar-refractivity contribution in [3.8, 4) is 0 Å². The third-order valence-electron chi connectivity index (χ3n) is 7.55. The lowest BCUT2D eigenvalue weighted by Crippen LogP contribution is -2.59. The lowest BCUT2D eigenvalue weighted by molar-refractivity contribution is -0.160. The number of aliphatic hydroxyl groups is 1. The Morgan fingerprint density at radius 2 is 1.60 bits per heavy atom. The van der Waals surface area contributed by atoms with E-state index >= 15 is 0 Å². The van der Waals surface area contributed by atoms with Crippen LogP contribution >= 0.6 is 0 Å². The summed E-state index contributed by atoms with van der Waals surface area (Å²) < 4.78 is 5.55. The fraction of sp³-hybridized carbons (Fsp3) is 0.792. The normalized spacial score (nSPS) is 37.5. The Morgan fingerprint density at radius 1 is 0.857 bits per heavy atom. The van der Waals surface area contributed by atoms with Gasteiger partial charge in [0.25, 0.3) is 0 Å². The molecule has 0 spiro atoms. The molecule has 2 N–H and O–H groups in total. The molecule has 0 aromatic heterocycles. The van der Waals surface area contributed by atoms with Gasteiger partial charge in [-0.25, -0.2) is 4.79 Å². The minimum Gasteiger partial charge on any atom is -0.461 e. The highest BCUT2D eigenvalue weighted by Crippen LogP contribution is 2.28. The van der Waals surface area contributed by atoms with E-state index in [9.17, 15) is 29.1 Å². The Balaban J connectivity index is 1.65. The summed E-state index contributed by atoms with van der Waals surface area (Å²) in [4.78, 5) is 70.4. The molecule has 0 unspecified atom stereocenters. The van der Waals surface area contributed by atoms with Gasteiger partial charge in [0, 0.05) is 26.1 Å². The molecule has 0 saturated carbocycles. The van der Waals surface area contributed by atoms with Crippen molar-refractivity contribution >= 4 is 29.6 Å². The molecule has 0 radical (unpaired) electrons. The number of piperidine rings is 1. The molecule has 35 heavy (non-hydrogen) atoms. The highest BCUT2D eigenvalue weighted by Gasteiger charge is 2.46. The molecular weight excluding hydrogens is 456 g/mol. The Morgan fingerprint density at radius 3 is 2.34 bits per heavy atom. The molecule has 0 aromatic carbocycles. The lowest BCUT2D eigenvalue weighted by Gasteiger charge is -2.38. The number of amides is 4. The Labute approximate surface area is 205 Å². The van der Waals surface area contributed by atoms with Crippen molar-refractivity contribution < 1.29 is 33.8 Å². The van der Waals surface area contributed by atoms with E-state index in [2.05, 4.69) is 5.32 Å². The number of fused-ring (bicyclic) bond motifs is 3. The predicted molar refractivity (Wildman–Crippen MR) is 123 cm³/mol. The van der Waals surface area contributed by atoms with E-state index in [0.717, 1.165) is 12.8 Å². The van der Waals surface area contributed by atoms with Crippen LogP contribution in [0.1, 0.15) is 59.3 Å². The number of rotatable bonds is 0. The van der Waals surface area contributed by atoms with Crippen LogP contribution in [0.15, 0.2) is 0 Å². The van der Waals surface area contributed by atoms with Gasteiger partial charge in [0.2, 0.25) is 23.6 Å². The molecule has 0 bridgehead atoms. The molecule has 4 rings (SSSR count). The monoisotopic (exact) mass is 492 g/mol. The SMILES string of the molecule is C[C@@H]1C[C@H]2C(=O)O[C@@H](C)CC(=O)N3C[C@H](O)C[C@H]3C(=O)N3CCCC[C@H]3C(=O)N[C@@H](C)C(=O)N2C1. The van der Waals surface area contributed by atoms with Gasteiger partial charge in [-0.15, -0.1) is 0 Å². The van der Waals surface area contributed by atoms with Crippen LogP contribution in [-0.2, 0) is 28.7 Å². The van der Waals surface area contributed by atoms with Crippen LogP contribution in [0.25, 0.3) is 0 Å². The zero-order chi connectivity index (χ0) is 25.4. The van der Waals surface area contributed by atoms with E-state index < -0.39 is 54.2 Å². The highest BCUT2D eigenvalue weighted by atomic mass is 16.5. The summed E-state index contributed by atoms with van der Waals surface area (Å²) in [6.45, 7) is 5.88. The Kier molecular flexibility index (Phi) is 7.35. The van der Waals surface area contributed by atoms with Crippen LogP contribution in [-0.4, -0.2) is 105 Å². The van der Waals surface area contributed by atoms with Gasteiger partial charge < -0.3 is 29.9 Å². The van der Waals surface area contributed by atoms with Crippen molar-refractivity contribution in [2.24, 2.45) is 5.92 Å². The smallest absolute Gasteiger partial charge is 0.329 e. The second-order valence-electron chi connectivity index (χ2n) is 10.5. The summed E-state index contributed by atoms with van der Waals surface area (Å²) in [7, 11) is 0. The average molecular weight is 493 g/mol. The van der Waals surface area contributed by atoms with Gasteiger partial charge in [0.05, 0.1) is 12.5 Å². The maximum Gasteiger partial charge on any atom is 0.329 e. The van der Waals surface area contributed by atoms with Gasteiger partial charge in [-0.05, 0) is 45.4 Å². The van der Waals surface area contributed by atoms with Crippen LogP contribution in [0.4, 0.5) is 0 Å². The summed E-state index contributed by atoms with van der Waals surface area (Å²) in [6, 6.07) is -3.30. The zero-order valence-corrected chi connectivity index (χ0v) is 20.6. The standard InChI is InChI=1S/C24H36N4O7/c1-13-8-19-24(34)35-14(2)9-20(30)27-12-16(29)10-18(27)23(33)26-7-5-4-6-17(26)21(31)25-15(3)22(32)28(19)11-13/h13-19,29H,4-12H2,1-3H3,(H,25,31)/t13-,14+,15+,16-,17+,18+,19+/m1/s1. The third kappa shape index (κ3) is 5.14. The molecule has 0 aliphatic carbocycles. The van der Waals surface area contributed by atoms with E-state index in [1.807, 2.05) is 6.92 Å². The van der Waals surface area contributed by atoms with Crippen molar-refractivity contribution in [1.82, 2.24) is 20.0 Å². The van der Waals surface area contributed by atoms with Crippen molar-refractivity contribution in [1.29, 1.82) is 0 Å². The van der Waals surface area contributed by atoms with Crippen molar-refractivity contribution in [2.45, 2.75) is 95.7 Å². The number of nitrogens with zero attached hydrogens (tertiary/aromatic N) is 3. The number of hydrogen-bond acceptors (Lipinski definition) is 7. The molecule has 4 saturated heterocycles. The summed E-state index contributed by atoms with van der Waals surface area (Å²) in [6.07, 6.45) is 0.723. The highest BCUT2D eigenvalue weighted by molar-refractivity contribution is 5.95. The molecule has 11 nitrogen and oxygen atoms in total. The predicted octanol–water partition coefficient (Wildman–Crippen LogP) is -0.594. The third-order valence-corrected chi connectivity index (χ3v) is 7.55. The fourth-order valence-electron chi connectivity index (χ4n) is 5.80. The van der Waals surface area contributed by atoms with Crippen LogP contribution in [0.3, 0.4) is 0 Å². The molecule has 194 valence electrons. The van der Waals surface area contributed by atoms with Gasteiger partial charge in [-0.1, -0.05) is 6.92 Å². The van der Waals surface area contributed by atoms with E-state index in [-0.39, 0.29) is 37.1 Å². The minimum absolute atomic E-state index is 0.0140. The number of cyclic esters (lactones) is 1. The van der Waals surface area contributed by atoms with E-state index in [4.69, 9.17) is 4.74 Å². The summed E-state index contributed by atoms with van der Waals surface area (Å²) in [5.74, 6) is -2.08. The first-order chi connectivity index (χ1) is 16.6. The maximum absolute atomic E-state index is 13.5. The van der Waals surface area contributed by atoms with Crippen LogP contribution in [0.2, 0.25) is 0 Å². The van der Waals surface area contributed by atoms with Crippen molar-refractivity contribution in [3.63, 3.8) is 0 Å². The molecule has 4 aliphatic heterocycles. The minimum atomic E-state index is -0.882. The molecule has 4 heterocycles. The molecule has 4 aliphatic rings. The Hall–Kier alpha value is -2.69. The topological polar surface area (TPSA) is 137 Å². The van der Waals surface area contributed by atoms with Gasteiger partial charge in [-0.2, -0.15) is 0 Å². The number of hydrogen-bond donors (Lipinski definition) is 2. The van der Waals surface area contributed by atoms with Crippen LogP contribution < -0.4 is 5.32 Å². The fourth-order valence-corrected chi connectivity index (χ4v) is 5.80. The second kappa shape index (κ2) is 10.1. The van der Waals surface area contributed by atoms with Crippen molar-refractivity contribution in [3.05, 3.63) is 0 Å². The lowest BCUT2D eigenvalue weighted by atomic mass is 9.99. The number of esters is 1. The van der Waals surface area contributed by atoms with Gasteiger partial charge in [0.15, 0.2) is 0 Å². The Bertz CT molecular complexity index is 895. The van der Waals surface area contributed by atoms with Crippen LogP contribution in [0, 0.1) is 5.92 Å². The molecule has 11 heteroatoms. The molecule has 7 atom stereocenters. The second-order valence-corrected chi connectivity index (χ2v) is 10.5. The number of carbonyl (C=O) groups is 5. The largest absolute Gasteiger partial charge is 0.461 e. The number of nitrogens with one attached hydrogen (secondary N) is 1. The number of aliphatic hydroxyl groups excluding tert-OH is 1. The first-order valence-electron chi connectivity index (χ1n) is 12.7. The number of ether oxygens (including phenoxy) is 1. The molecular formula is C24H36N4O7. The average Bonchev–Trinajstić information content (AvgIpc) is 3.40. The summed E-state index contributed by atoms with van der Waals surface area (Å²) in [5, 5.41) is 13.0. The van der Waals surface area contributed by atoms with Gasteiger partial charge in [0.1, 0.15) is 30.3 Å². The molecule has 4 fully saturated rings. The quantitative estimate of drug-likeness (QED) is 0.431. The summed E-state index contributed by atoms with van der Waals surface area (Å²) in [5.41, 5.74) is 0. The van der Waals surface area contributed by atoms with E-state index in [0.29, 0.717) is 25.9 Å². The number of carbonyl (C=O) groups excluding carboxylic acids is 5. The van der Waals surface area contributed by atoms with Gasteiger partial charge >= 0.3 is 5.97 Å². The van der Waals surface area contributed by atoms with Gasteiger partial charge in [-0.3, -0.25) is 19.2 Å². The zero-order valence-electron chi connectivity index (χ0n) is 20.6. The first kappa shape index (κ1) is 25.4. The van der Waals surface area contributed by atoms with E-state index in [1.54, 1.807) is 13.8 Å². The van der Waals surface area contributed by atoms with E-state index in [1.165, 1.54) is 14.7 Å². The molecule has 0 aromatic rings.